The predicted octanol–water partition coefficient (Wildman–Crippen LogP) is 4.07. The fraction of sp³-hybridized carbons (Fsp3) is 0.556. The monoisotopic (exact) mass is 350 g/mol. The summed E-state index contributed by atoms with van der Waals surface area (Å²) in [6, 6.07) is 8.23. The van der Waals surface area contributed by atoms with Gasteiger partial charge in [0.2, 0.25) is 5.89 Å². The van der Waals surface area contributed by atoms with Crippen molar-refractivity contribution in [3.63, 3.8) is 0 Å². The van der Waals surface area contributed by atoms with Gasteiger partial charge in [0, 0.05) is 11.7 Å². The van der Waals surface area contributed by atoms with Crippen LogP contribution in [-0.4, -0.2) is 22.6 Å². The average Bonchev–Trinajstić information content (AvgIpc) is 2.96. The van der Waals surface area contributed by atoms with Gasteiger partial charge >= 0.3 is 5.76 Å². The molecule has 6 heteroatoms. The molecule has 0 saturated heterocycles. The van der Waals surface area contributed by atoms with E-state index in [1.165, 1.54) is 5.56 Å². The Balaban J connectivity index is 1.88. The molecule has 1 atom stereocenters. The summed E-state index contributed by atoms with van der Waals surface area (Å²) in [5.41, 5.74) is 1.24. The highest BCUT2D eigenvalue weighted by Gasteiger charge is 2.16. The third kappa shape index (κ3) is 5.44. The lowest BCUT2D eigenvalue weighted by Gasteiger charge is -2.22. The number of H-pyrrole nitrogens is 1. The van der Waals surface area contributed by atoms with Gasteiger partial charge in [-0.15, -0.1) is 5.10 Å². The molecule has 0 saturated carbocycles. The summed E-state index contributed by atoms with van der Waals surface area (Å²) >= 11 is 1.71. The van der Waals surface area contributed by atoms with Crippen LogP contribution in [0, 0.1) is 11.8 Å². The second-order valence-electron chi connectivity index (χ2n) is 6.53. The van der Waals surface area contributed by atoms with Crippen LogP contribution in [0.4, 0.5) is 0 Å². The van der Waals surface area contributed by atoms with Crippen molar-refractivity contribution >= 4 is 11.8 Å². The summed E-state index contributed by atoms with van der Waals surface area (Å²) in [5.74, 6) is 3.80. The zero-order valence-corrected chi connectivity index (χ0v) is 15.6. The van der Waals surface area contributed by atoms with Gasteiger partial charge in [0.05, 0.1) is 12.4 Å². The normalized spacial score (nSPS) is 12.8. The molecule has 0 bridgehead atoms. The summed E-state index contributed by atoms with van der Waals surface area (Å²) in [5, 5.41) is 6.11. The molecule has 5 nitrogen and oxygen atoms in total. The molecular weight excluding hydrogens is 324 g/mol. The Morgan fingerprint density at radius 1 is 1.25 bits per heavy atom. The second kappa shape index (κ2) is 8.97. The first-order chi connectivity index (χ1) is 11.5. The first-order valence-electron chi connectivity index (χ1n) is 8.31. The fourth-order valence-electron chi connectivity index (χ4n) is 2.34. The Hall–Kier alpha value is -1.69. The zero-order chi connectivity index (χ0) is 17.5. The number of ether oxygens (including phenoxy) is 1. The third-order valence-corrected chi connectivity index (χ3v) is 5.09. The Labute approximate surface area is 147 Å². The van der Waals surface area contributed by atoms with Crippen LogP contribution in [0.2, 0.25) is 0 Å². The number of aromatic nitrogens is 2. The Morgan fingerprint density at radius 2 is 2.00 bits per heavy atom. The maximum atomic E-state index is 10.9. The lowest BCUT2D eigenvalue weighted by Crippen LogP contribution is -2.21. The number of nitrogens with one attached hydrogen (secondary N) is 1. The molecule has 1 N–H and O–H groups in total. The first kappa shape index (κ1) is 18.6. The molecule has 0 amide bonds. The van der Waals surface area contributed by atoms with Crippen molar-refractivity contribution < 1.29 is 9.15 Å². The number of hydrogen-bond acceptors (Lipinski definition) is 5. The summed E-state index contributed by atoms with van der Waals surface area (Å²) in [7, 11) is 0. The van der Waals surface area contributed by atoms with Crippen molar-refractivity contribution in [1.29, 1.82) is 0 Å². The minimum absolute atomic E-state index is 0.417. The van der Waals surface area contributed by atoms with E-state index in [2.05, 4.69) is 50.0 Å². The van der Waals surface area contributed by atoms with Crippen LogP contribution in [0.3, 0.4) is 0 Å². The highest BCUT2D eigenvalue weighted by atomic mass is 32.2. The number of thioether (sulfide) groups is 1. The second-order valence-corrected chi connectivity index (χ2v) is 7.56. The minimum atomic E-state index is -0.500. The van der Waals surface area contributed by atoms with E-state index in [4.69, 9.17) is 9.15 Å². The zero-order valence-electron chi connectivity index (χ0n) is 14.7. The van der Waals surface area contributed by atoms with Crippen LogP contribution in [-0.2, 0) is 5.75 Å². The highest BCUT2D eigenvalue weighted by molar-refractivity contribution is 7.98. The van der Waals surface area contributed by atoms with Crippen LogP contribution in [0.5, 0.6) is 5.75 Å². The lowest BCUT2D eigenvalue weighted by molar-refractivity contribution is 0.224. The Morgan fingerprint density at radius 3 is 2.62 bits per heavy atom. The summed E-state index contributed by atoms with van der Waals surface area (Å²) in [4.78, 5) is 10.9. The molecule has 1 unspecified atom stereocenters. The van der Waals surface area contributed by atoms with E-state index in [9.17, 15) is 4.79 Å². The van der Waals surface area contributed by atoms with E-state index < -0.39 is 5.76 Å². The van der Waals surface area contributed by atoms with Gasteiger partial charge in [0.1, 0.15) is 5.75 Å². The largest absolute Gasteiger partial charge is 0.493 e. The van der Waals surface area contributed by atoms with Gasteiger partial charge in [0.15, 0.2) is 0 Å². The van der Waals surface area contributed by atoms with Crippen LogP contribution in [0.1, 0.15) is 45.1 Å². The third-order valence-electron chi connectivity index (χ3n) is 3.98. The quantitative estimate of drug-likeness (QED) is 0.738. The van der Waals surface area contributed by atoms with Gasteiger partial charge in [-0.1, -0.05) is 45.9 Å². The average molecular weight is 350 g/mol. The van der Waals surface area contributed by atoms with Gasteiger partial charge in [-0.2, -0.15) is 11.8 Å². The Kier molecular flexibility index (Phi) is 6.97. The van der Waals surface area contributed by atoms with Gasteiger partial charge in [0.25, 0.3) is 0 Å². The molecule has 0 radical (unpaired) electrons. The highest BCUT2D eigenvalue weighted by Crippen LogP contribution is 2.27. The molecule has 0 aliphatic carbocycles. The topological polar surface area (TPSA) is 68.1 Å². The predicted molar refractivity (Wildman–Crippen MR) is 97.6 cm³/mol. The molecule has 24 heavy (non-hydrogen) atoms. The standard InChI is InChI=1S/C18H26N2O3S/c1-12(2)14(10-24-11-17-19-20-18(21)23-17)9-22-16-8-6-5-7-15(16)13(3)4/h5-8,12-14H,9-11H2,1-4H3,(H,20,21). The van der Waals surface area contributed by atoms with E-state index in [1.807, 2.05) is 12.1 Å². The van der Waals surface area contributed by atoms with E-state index >= 15 is 0 Å². The van der Waals surface area contributed by atoms with Crippen molar-refractivity contribution in [2.75, 3.05) is 12.4 Å². The van der Waals surface area contributed by atoms with Crippen molar-refractivity contribution in [1.82, 2.24) is 10.2 Å². The van der Waals surface area contributed by atoms with Crippen LogP contribution < -0.4 is 10.5 Å². The molecule has 0 spiro atoms. The molecule has 132 valence electrons. The number of aromatic amines is 1. The van der Waals surface area contributed by atoms with Crippen molar-refractivity contribution in [3.05, 3.63) is 46.3 Å². The SMILES string of the molecule is CC(C)c1ccccc1OCC(CSCc1n[nH]c(=O)o1)C(C)C. The smallest absolute Gasteiger partial charge is 0.434 e. The minimum Gasteiger partial charge on any atom is -0.493 e. The molecule has 1 heterocycles. The molecule has 2 aromatic rings. The summed E-state index contributed by atoms with van der Waals surface area (Å²) < 4.78 is 11.0. The lowest BCUT2D eigenvalue weighted by atomic mass is 9.98. The molecule has 0 aliphatic heterocycles. The number of benzene rings is 1. The molecule has 0 aliphatic rings. The maximum absolute atomic E-state index is 10.9. The number of rotatable bonds is 9. The van der Waals surface area contributed by atoms with Gasteiger partial charge in [-0.25, -0.2) is 9.89 Å². The van der Waals surface area contributed by atoms with Crippen molar-refractivity contribution in [2.24, 2.45) is 11.8 Å². The van der Waals surface area contributed by atoms with Crippen molar-refractivity contribution in [2.45, 2.75) is 39.4 Å². The fourth-order valence-corrected chi connectivity index (χ4v) is 3.54. The van der Waals surface area contributed by atoms with Crippen LogP contribution >= 0.6 is 11.8 Å². The van der Waals surface area contributed by atoms with Crippen LogP contribution in [0.25, 0.3) is 0 Å². The summed E-state index contributed by atoms with van der Waals surface area (Å²) in [6.07, 6.45) is 0. The summed E-state index contributed by atoms with van der Waals surface area (Å²) in [6.45, 7) is 9.44. The molecular formula is C18H26N2O3S. The maximum Gasteiger partial charge on any atom is 0.434 e. The first-order valence-corrected chi connectivity index (χ1v) is 9.46. The molecule has 1 aromatic carbocycles. The van der Waals surface area contributed by atoms with E-state index in [0.29, 0.717) is 36.0 Å². The van der Waals surface area contributed by atoms with Gasteiger partial charge < -0.3 is 9.15 Å². The van der Waals surface area contributed by atoms with Crippen LogP contribution in [0.15, 0.2) is 33.5 Å². The molecule has 1 aromatic heterocycles. The van der Waals surface area contributed by atoms with E-state index in [-0.39, 0.29) is 0 Å². The van der Waals surface area contributed by atoms with E-state index in [1.54, 1.807) is 11.8 Å². The van der Waals surface area contributed by atoms with Gasteiger partial charge in [-0.05, 0) is 23.5 Å². The Bertz CT molecular complexity index is 679. The molecule has 2 rings (SSSR count). The number of para-hydroxylation sites is 1. The van der Waals surface area contributed by atoms with E-state index in [0.717, 1.165) is 11.5 Å². The van der Waals surface area contributed by atoms with Crippen molar-refractivity contribution in [3.8, 4) is 5.75 Å². The number of hydrogen-bond donors (Lipinski definition) is 1. The van der Waals surface area contributed by atoms with Gasteiger partial charge in [-0.3, -0.25) is 0 Å². The molecule has 0 fully saturated rings. The number of nitrogens with zero attached hydrogens (tertiary/aromatic N) is 1.